The number of benzene rings is 2. The molecule has 2 aromatic carbocycles. The number of methoxy groups -OCH3 is 3. The van der Waals surface area contributed by atoms with Crippen LogP contribution in [0.1, 0.15) is 47.3 Å². The van der Waals surface area contributed by atoms with E-state index in [0.717, 1.165) is 13.1 Å². The predicted molar refractivity (Wildman–Crippen MR) is 130 cm³/mol. The Morgan fingerprint density at radius 1 is 1.03 bits per heavy atom. The average Bonchev–Trinajstić information content (AvgIpc) is 3.11. The normalized spacial score (nSPS) is 21.4. The lowest BCUT2D eigenvalue weighted by Gasteiger charge is -2.35. The Hall–Kier alpha value is -3.19. The Balaban J connectivity index is 1.72. The van der Waals surface area contributed by atoms with E-state index >= 15 is 0 Å². The van der Waals surface area contributed by atoms with Crippen molar-refractivity contribution < 1.29 is 28.8 Å². The van der Waals surface area contributed by atoms with Gasteiger partial charge >= 0.3 is 0 Å². The maximum atomic E-state index is 13.4. The maximum Gasteiger partial charge on any atom is 0.232 e. The lowest BCUT2D eigenvalue weighted by Crippen LogP contribution is -2.38. The van der Waals surface area contributed by atoms with Gasteiger partial charge in [0.25, 0.3) is 0 Å². The maximum absolute atomic E-state index is 13.4. The van der Waals surface area contributed by atoms with Crippen molar-refractivity contribution in [2.75, 3.05) is 34.4 Å². The van der Waals surface area contributed by atoms with Crippen LogP contribution in [0.2, 0.25) is 0 Å². The van der Waals surface area contributed by atoms with Crippen molar-refractivity contribution in [3.05, 3.63) is 46.2 Å². The Morgan fingerprint density at radius 3 is 2.26 bits per heavy atom. The van der Waals surface area contributed by atoms with E-state index < -0.39 is 0 Å². The molecular formula is C27H33NO6. The Morgan fingerprint density at radius 2 is 1.65 bits per heavy atom. The van der Waals surface area contributed by atoms with Gasteiger partial charge in [-0.15, -0.1) is 0 Å². The zero-order chi connectivity index (χ0) is 24.6. The first-order chi connectivity index (χ1) is 16.2. The SMILES string of the molecule is COc1cc(OC)c(OC)cc1/C=C1/Oc2c(CN3CC(C)CC(C)C3)c(O)cc(C)c2C1=O. The van der Waals surface area contributed by atoms with Crippen molar-refractivity contribution in [2.24, 2.45) is 11.8 Å². The number of phenols is 1. The van der Waals surface area contributed by atoms with Crippen LogP contribution in [-0.2, 0) is 6.54 Å². The van der Waals surface area contributed by atoms with Gasteiger partial charge in [0.05, 0.1) is 32.5 Å². The molecule has 1 fully saturated rings. The summed E-state index contributed by atoms with van der Waals surface area (Å²) in [6.07, 6.45) is 2.85. The van der Waals surface area contributed by atoms with Crippen LogP contribution in [0.15, 0.2) is 24.0 Å². The van der Waals surface area contributed by atoms with Gasteiger partial charge in [-0.05, 0) is 49.0 Å². The van der Waals surface area contributed by atoms with E-state index in [9.17, 15) is 9.90 Å². The van der Waals surface area contributed by atoms with E-state index in [4.69, 9.17) is 18.9 Å². The molecule has 7 nitrogen and oxygen atoms in total. The Labute approximate surface area is 200 Å². The van der Waals surface area contributed by atoms with Crippen LogP contribution in [0.25, 0.3) is 6.08 Å². The second-order valence-corrected chi connectivity index (χ2v) is 9.42. The number of nitrogens with zero attached hydrogens (tertiary/aromatic N) is 1. The van der Waals surface area contributed by atoms with Gasteiger partial charge in [0, 0.05) is 31.3 Å². The lowest BCUT2D eigenvalue weighted by molar-refractivity contribution is 0.101. The molecule has 0 spiro atoms. The minimum Gasteiger partial charge on any atom is -0.507 e. The number of allylic oxidation sites excluding steroid dienone is 1. The summed E-state index contributed by atoms with van der Waals surface area (Å²) < 4.78 is 22.4. The van der Waals surface area contributed by atoms with Crippen molar-refractivity contribution in [3.63, 3.8) is 0 Å². The molecule has 0 amide bonds. The summed E-state index contributed by atoms with van der Waals surface area (Å²) in [5.41, 5.74) is 2.46. The van der Waals surface area contributed by atoms with Crippen molar-refractivity contribution in [1.29, 1.82) is 0 Å². The van der Waals surface area contributed by atoms with Gasteiger partial charge in [-0.1, -0.05) is 13.8 Å². The number of likely N-dealkylation sites (tertiary alicyclic amines) is 1. The number of aryl methyl sites for hydroxylation is 1. The van der Waals surface area contributed by atoms with Crippen molar-refractivity contribution in [2.45, 2.75) is 33.7 Å². The molecule has 0 bridgehead atoms. The Kier molecular flexibility index (Phi) is 6.75. The molecule has 0 radical (unpaired) electrons. The van der Waals surface area contributed by atoms with Crippen molar-refractivity contribution in [1.82, 2.24) is 4.90 Å². The fraction of sp³-hybridized carbons (Fsp3) is 0.444. The van der Waals surface area contributed by atoms with Crippen LogP contribution in [-0.4, -0.2) is 50.2 Å². The van der Waals surface area contributed by atoms with Gasteiger partial charge in [-0.25, -0.2) is 0 Å². The molecule has 1 saturated heterocycles. The molecule has 2 aliphatic rings. The summed E-state index contributed by atoms with van der Waals surface area (Å²) in [4.78, 5) is 15.7. The third-order valence-electron chi connectivity index (χ3n) is 6.57. The van der Waals surface area contributed by atoms with E-state index in [1.165, 1.54) is 6.42 Å². The number of aromatic hydroxyl groups is 1. The monoisotopic (exact) mass is 467 g/mol. The van der Waals surface area contributed by atoms with E-state index in [1.807, 2.05) is 6.92 Å². The minimum atomic E-state index is -0.217. The summed E-state index contributed by atoms with van der Waals surface area (Å²) in [5, 5.41) is 10.8. The molecular weight excluding hydrogens is 434 g/mol. The summed E-state index contributed by atoms with van der Waals surface area (Å²) in [7, 11) is 4.65. The molecule has 2 unspecified atom stereocenters. The van der Waals surface area contributed by atoms with Crippen LogP contribution in [0.4, 0.5) is 0 Å². The van der Waals surface area contributed by atoms with Crippen LogP contribution in [0, 0.1) is 18.8 Å². The van der Waals surface area contributed by atoms with Gasteiger partial charge < -0.3 is 24.1 Å². The summed E-state index contributed by atoms with van der Waals surface area (Å²) >= 11 is 0. The summed E-state index contributed by atoms with van der Waals surface area (Å²) in [5.74, 6) is 3.28. The summed E-state index contributed by atoms with van der Waals surface area (Å²) in [6.45, 7) is 8.74. The third-order valence-corrected chi connectivity index (χ3v) is 6.57. The fourth-order valence-electron chi connectivity index (χ4n) is 5.18. The van der Waals surface area contributed by atoms with Crippen LogP contribution in [0.5, 0.6) is 28.7 Å². The molecule has 2 heterocycles. The number of fused-ring (bicyclic) bond motifs is 1. The quantitative estimate of drug-likeness (QED) is 0.610. The zero-order valence-corrected chi connectivity index (χ0v) is 20.7. The van der Waals surface area contributed by atoms with Gasteiger partial charge in [-0.2, -0.15) is 0 Å². The molecule has 2 atom stereocenters. The second-order valence-electron chi connectivity index (χ2n) is 9.42. The van der Waals surface area contributed by atoms with Crippen LogP contribution < -0.4 is 18.9 Å². The summed E-state index contributed by atoms with van der Waals surface area (Å²) in [6, 6.07) is 5.11. The number of piperidine rings is 1. The van der Waals surface area contributed by atoms with Crippen LogP contribution >= 0.6 is 0 Å². The van der Waals surface area contributed by atoms with E-state index in [1.54, 1.807) is 45.6 Å². The smallest absolute Gasteiger partial charge is 0.232 e. The first-order valence-corrected chi connectivity index (χ1v) is 11.6. The standard InChI is InChI=1S/C27H33NO6/c1-15-7-16(2)13-28(12-15)14-19-20(29)8-17(3)25-26(30)24(34-27(19)25)10-18-9-22(32-5)23(33-6)11-21(18)31-4/h8-11,15-16,29H,7,12-14H2,1-6H3/b24-10+. The largest absolute Gasteiger partial charge is 0.507 e. The van der Waals surface area contributed by atoms with Gasteiger partial charge in [0.2, 0.25) is 5.78 Å². The molecule has 34 heavy (non-hydrogen) atoms. The number of ketones is 1. The number of hydrogen-bond acceptors (Lipinski definition) is 7. The number of carbonyl (C=O) groups is 1. The fourth-order valence-corrected chi connectivity index (χ4v) is 5.18. The molecule has 2 aromatic rings. The molecule has 0 aromatic heterocycles. The van der Waals surface area contributed by atoms with E-state index in [2.05, 4.69) is 18.7 Å². The molecule has 7 heteroatoms. The number of rotatable bonds is 6. The number of Topliss-reactive ketones (excluding diaryl/α,β-unsaturated/α-hetero) is 1. The number of phenolic OH excluding ortho intramolecular Hbond substituents is 1. The van der Waals surface area contributed by atoms with E-state index in [-0.39, 0.29) is 17.3 Å². The Bertz CT molecular complexity index is 1130. The van der Waals surface area contributed by atoms with Gasteiger partial charge in [0.1, 0.15) is 17.2 Å². The zero-order valence-electron chi connectivity index (χ0n) is 20.7. The van der Waals surface area contributed by atoms with Gasteiger partial charge in [-0.3, -0.25) is 9.69 Å². The molecule has 0 aliphatic carbocycles. The molecule has 2 aliphatic heterocycles. The lowest BCUT2D eigenvalue weighted by atomic mass is 9.91. The first-order valence-electron chi connectivity index (χ1n) is 11.6. The van der Waals surface area contributed by atoms with Crippen LogP contribution in [0.3, 0.4) is 0 Å². The topological polar surface area (TPSA) is 77.5 Å². The first kappa shape index (κ1) is 24.0. The highest BCUT2D eigenvalue weighted by Crippen LogP contribution is 2.44. The second kappa shape index (κ2) is 9.58. The highest BCUT2D eigenvalue weighted by molar-refractivity contribution is 6.16. The molecule has 0 saturated carbocycles. The highest BCUT2D eigenvalue weighted by atomic mass is 16.5. The predicted octanol–water partition coefficient (Wildman–Crippen LogP) is 4.82. The average molecular weight is 468 g/mol. The molecule has 4 rings (SSSR count). The molecule has 182 valence electrons. The molecule has 1 N–H and O–H groups in total. The number of carbonyl (C=O) groups excluding carboxylic acids is 1. The minimum absolute atomic E-state index is 0.153. The van der Waals surface area contributed by atoms with E-state index in [0.29, 0.717) is 63.6 Å². The van der Waals surface area contributed by atoms with Gasteiger partial charge in [0.15, 0.2) is 17.3 Å². The number of hydrogen-bond donors (Lipinski definition) is 1. The van der Waals surface area contributed by atoms with Crippen molar-refractivity contribution >= 4 is 11.9 Å². The third kappa shape index (κ3) is 4.44. The number of ether oxygens (including phenoxy) is 4. The highest BCUT2D eigenvalue weighted by Gasteiger charge is 2.34. The van der Waals surface area contributed by atoms with Crippen molar-refractivity contribution in [3.8, 4) is 28.7 Å².